The fourth-order valence-electron chi connectivity index (χ4n) is 2.12. The standard InChI is InChI=1S/C14H16N4O2/c1-8-5-10-11(6-9(8)2)18(4)13(15-3)12(17-10)14(20)16-7-19/h5-7H,1-4H3,(H,16,19,20). The number of nitrogens with zero attached hydrogens (tertiary/aromatic N) is 3. The average molecular weight is 272 g/mol. The highest BCUT2D eigenvalue weighted by atomic mass is 16.2. The van der Waals surface area contributed by atoms with E-state index in [4.69, 9.17) is 0 Å². The highest BCUT2D eigenvalue weighted by Crippen LogP contribution is 2.16. The van der Waals surface area contributed by atoms with E-state index in [-0.39, 0.29) is 5.69 Å². The SMILES string of the molecule is CN=c1c(C(=O)NC=O)nc2cc(C)c(C)cc2n1C. The summed E-state index contributed by atoms with van der Waals surface area (Å²) < 4.78 is 1.80. The molecule has 20 heavy (non-hydrogen) atoms. The van der Waals surface area contributed by atoms with Crippen molar-refractivity contribution in [3.05, 3.63) is 34.4 Å². The molecule has 2 rings (SSSR count). The third-order valence-corrected chi connectivity index (χ3v) is 3.33. The summed E-state index contributed by atoms with van der Waals surface area (Å²) in [6.07, 6.45) is 0.341. The van der Waals surface area contributed by atoms with Crippen LogP contribution in [0, 0.1) is 13.8 Å². The zero-order valence-corrected chi connectivity index (χ0v) is 11.9. The minimum atomic E-state index is -0.559. The number of nitrogens with one attached hydrogen (secondary N) is 1. The first-order chi connectivity index (χ1) is 9.49. The van der Waals surface area contributed by atoms with E-state index < -0.39 is 5.91 Å². The third kappa shape index (κ3) is 2.20. The van der Waals surface area contributed by atoms with E-state index in [9.17, 15) is 9.59 Å². The van der Waals surface area contributed by atoms with Crippen molar-refractivity contribution in [3.8, 4) is 0 Å². The first-order valence-electron chi connectivity index (χ1n) is 6.15. The van der Waals surface area contributed by atoms with Gasteiger partial charge in [-0.05, 0) is 37.1 Å². The molecule has 0 saturated heterocycles. The fraction of sp³-hybridized carbons (Fsp3) is 0.286. The molecule has 0 unspecified atom stereocenters. The maximum atomic E-state index is 11.9. The van der Waals surface area contributed by atoms with Gasteiger partial charge >= 0.3 is 0 Å². The molecule has 1 aromatic carbocycles. The van der Waals surface area contributed by atoms with Crippen molar-refractivity contribution in [1.82, 2.24) is 14.9 Å². The Hall–Kier alpha value is -2.50. The number of amides is 2. The van der Waals surface area contributed by atoms with Crippen LogP contribution in [0.2, 0.25) is 0 Å². The molecular weight excluding hydrogens is 256 g/mol. The number of hydrogen-bond donors (Lipinski definition) is 1. The Labute approximate surface area is 116 Å². The van der Waals surface area contributed by atoms with Gasteiger partial charge < -0.3 is 4.57 Å². The Morgan fingerprint density at radius 3 is 2.60 bits per heavy atom. The molecule has 1 heterocycles. The smallest absolute Gasteiger partial charge is 0.280 e. The molecule has 104 valence electrons. The first kappa shape index (κ1) is 13.9. The van der Waals surface area contributed by atoms with Crippen LogP contribution in [0.5, 0.6) is 0 Å². The lowest BCUT2D eigenvalue weighted by molar-refractivity contribution is -0.108. The van der Waals surface area contributed by atoms with Crippen LogP contribution < -0.4 is 10.8 Å². The monoisotopic (exact) mass is 272 g/mol. The number of fused-ring (bicyclic) bond motifs is 1. The third-order valence-electron chi connectivity index (χ3n) is 3.33. The number of rotatable bonds is 2. The Morgan fingerprint density at radius 1 is 1.35 bits per heavy atom. The van der Waals surface area contributed by atoms with Crippen LogP contribution in [0.4, 0.5) is 0 Å². The molecule has 0 saturated carbocycles. The van der Waals surface area contributed by atoms with Crippen LogP contribution in [0.3, 0.4) is 0 Å². The quantitative estimate of drug-likeness (QED) is 0.814. The van der Waals surface area contributed by atoms with Crippen molar-refractivity contribution in [2.24, 2.45) is 12.0 Å². The summed E-state index contributed by atoms with van der Waals surface area (Å²) in [5.74, 6) is -0.559. The number of carbonyl (C=O) groups excluding carboxylic acids is 2. The lowest BCUT2D eigenvalue weighted by Gasteiger charge is -2.11. The van der Waals surface area contributed by atoms with Gasteiger partial charge in [0.15, 0.2) is 11.2 Å². The fourth-order valence-corrected chi connectivity index (χ4v) is 2.12. The summed E-state index contributed by atoms with van der Waals surface area (Å²) in [7, 11) is 3.40. The average Bonchev–Trinajstić information content (AvgIpc) is 2.41. The molecule has 0 spiro atoms. The van der Waals surface area contributed by atoms with Crippen molar-refractivity contribution >= 4 is 23.4 Å². The van der Waals surface area contributed by atoms with E-state index >= 15 is 0 Å². The molecule has 6 nitrogen and oxygen atoms in total. The summed E-state index contributed by atoms with van der Waals surface area (Å²) in [4.78, 5) is 30.8. The van der Waals surface area contributed by atoms with E-state index in [0.717, 1.165) is 16.6 Å². The minimum absolute atomic E-state index is 0.137. The van der Waals surface area contributed by atoms with Crippen LogP contribution >= 0.6 is 0 Å². The Bertz CT molecular complexity index is 775. The number of carbonyl (C=O) groups is 2. The minimum Gasteiger partial charge on any atom is -0.326 e. The van der Waals surface area contributed by atoms with Gasteiger partial charge in [0.1, 0.15) is 0 Å². The molecule has 0 aliphatic heterocycles. The molecule has 0 fully saturated rings. The molecule has 0 atom stereocenters. The van der Waals surface area contributed by atoms with Crippen molar-refractivity contribution in [2.45, 2.75) is 13.8 Å². The van der Waals surface area contributed by atoms with Gasteiger partial charge in [0.2, 0.25) is 6.41 Å². The maximum absolute atomic E-state index is 11.9. The molecule has 1 N–H and O–H groups in total. The normalized spacial score (nSPS) is 11.7. The second-order valence-corrected chi connectivity index (χ2v) is 4.58. The highest BCUT2D eigenvalue weighted by molar-refractivity contribution is 5.99. The molecule has 0 aliphatic rings. The Balaban J connectivity index is 2.87. The predicted octanol–water partition coefficient (Wildman–Crippen LogP) is 0.607. The lowest BCUT2D eigenvalue weighted by atomic mass is 10.1. The first-order valence-corrected chi connectivity index (χ1v) is 6.15. The van der Waals surface area contributed by atoms with Crippen LogP contribution in [0.15, 0.2) is 17.1 Å². The number of aromatic nitrogens is 2. The molecule has 6 heteroatoms. The van der Waals surface area contributed by atoms with Gasteiger partial charge in [-0.15, -0.1) is 0 Å². The lowest BCUT2D eigenvalue weighted by Crippen LogP contribution is -2.34. The number of imide groups is 1. The number of aryl methyl sites for hydroxylation is 3. The molecule has 0 bridgehead atoms. The molecule has 0 radical (unpaired) electrons. The summed E-state index contributed by atoms with van der Waals surface area (Å²) in [6.45, 7) is 4.00. The van der Waals surface area contributed by atoms with Gasteiger partial charge in [0.05, 0.1) is 11.0 Å². The molecule has 0 aliphatic carbocycles. The van der Waals surface area contributed by atoms with Gasteiger partial charge in [0.25, 0.3) is 5.91 Å². The van der Waals surface area contributed by atoms with E-state index in [0.29, 0.717) is 17.4 Å². The summed E-state index contributed by atoms with van der Waals surface area (Å²) in [6, 6.07) is 3.93. The van der Waals surface area contributed by atoms with Crippen molar-refractivity contribution in [2.75, 3.05) is 7.05 Å². The van der Waals surface area contributed by atoms with Crippen molar-refractivity contribution in [1.29, 1.82) is 0 Å². The Morgan fingerprint density at radius 2 is 2.00 bits per heavy atom. The number of benzene rings is 1. The topological polar surface area (TPSA) is 76.3 Å². The summed E-state index contributed by atoms with van der Waals surface area (Å²) >= 11 is 0. The maximum Gasteiger partial charge on any atom is 0.280 e. The second-order valence-electron chi connectivity index (χ2n) is 4.58. The van der Waals surface area contributed by atoms with Gasteiger partial charge in [-0.3, -0.25) is 19.9 Å². The zero-order chi connectivity index (χ0) is 14.9. The van der Waals surface area contributed by atoms with Gasteiger partial charge in [-0.2, -0.15) is 0 Å². The van der Waals surface area contributed by atoms with Crippen LogP contribution in [-0.4, -0.2) is 28.9 Å². The van der Waals surface area contributed by atoms with E-state index in [1.165, 1.54) is 0 Å². The van der Waals surface area contributed by atoms with E-state index in [2.05, 4.69) is 15.3 Å². The van der Waals surface area contributed by atoms with E-state index in [1.54, 1.807) is 11.6 Å². The van der Waals surface area contributed by atoms with E-state index in [1.807, 2.05) is 33.0 Å². The molecule has 2 amide bonds. The molecular formula is C14H16N4O2. The van der Waals surface area contributed by atoms with Crippen LogP contribution in [0.25, 0.3) is 11.0 Å². The molecule has 1 aromatic heterocycles. The number of hydrogen-bond acceptors (Lipinski definition) is 4. The van der Waals surface area contributed by atoms with Gasteiger partial charge in [-0.25, -0.2) is 4.98 Å². The zero-order valence-electron chi connectivity index (χ0n) is 11.9. The predicted molar refractivity (Wildman–Crippen MR) is 75.2 cm³/mol. The largest absolute Gasteiger partial charge is 0.326 e. The Kier molecular flexibility index (Phi) is 3.65. The van der Waals surface area contributed by atoms with Gasteiger partial charge in [0, 0.05) is 14.1 Å². The van der Waals surface area contributed by atoms with Crippen LogP contribution in [0.1, 0.15) is 21.6 Å². The highest BCUT2D eigenvalue weighted by Gasteiger charge is 2.14. The summed E-state index contributed by atoms with van der Waals surface area (Å²) in [5.41, 5.74) is 4.38. The molecule has 2 aromatic rings. The van der Waals surface area contributed by atoms with Gasteiger partial charge in [-0.1, -0.05) is 0 Å². The van der Waals surface area contributed by atoms with Crippen molar-refractivity contribution < 1.29 is 9.59 Å². The second kappa shape index (κ2) is 5.24. The van der Waals surface area contributed by atoms with Crippen molar-refractivity contribution in [3.63, 3.8) is 0 Å². The summed E-state index contributed by atoms with van der Waals surface area (Å²) in [5, 5.41) is 2.10. The van der Waals surface area contributed by atoms with Crippen LogP contribution in [-0.2, 0) is 11.8 Å².